The lowest BCUT2D eigenvalue weighted by atomic mass is 9.74. The van der Waals surface area contributed by atoms with Crippen LogP contribution in [0.2, 0.25) is 0 Å². The van der Waals surface area contributed by atoms with Crippen LogP contribution in [0.15, 0.2) is 17.5 Å². The summed E-state index contributed by atoms with van der Waals surface area (Å²) in [6.45, 7) is 0.269. The van der Waals surface area contributed by atoms with Crippen LogP contribution in [0.4, 0.5) is 0 Å². The summed E-state index contributed by atoms with van der Waals surface area (Å²) in [5.74, 6) is -0.819. The summed E-state index contributed by atoms with van der Waals surface area (Å²) in [5, 5.41) is 14.2. The zero-order valence-electron chi connectivity index (χ0n) is 11.6. The van der Waals surface area contributed by atoms with E-state index in [1.165, 1.54) is 4.88 Å². The Hall–Kier alpha value is -1.36. The van der Waals surface area contributed by atoms with Crippen molar-refractivity contribution in [1.82, 2.24) is 5.32 Å². The van der Waals surface area contributed by atoms with E-state index in [0.717, 1.165) is 25.7 Å². The van der Waals surface area contributed by atoms with Crippen LogP contribution in [0, 0.1) is 5.41 Å². The minimum atomic E-state index is -0.768. The van der Waals surface area contributed by atoms with Gasteiger partial charge in [0, 0.05) is 17.8 Å². The predicted molar refractivity (Wildman–Crippen MR) is 78.8 cm³/mol. The van der Waals surface area contributed by atoms with Gasteiger partial charge in [-0.2, -0.15) is 0 Å². The normalized spacial score (nSPS) is 17.6. The van der Waals surface area contributed by atoms with Gasteiger partial charge >= 0.3 is 5.97 Å². The number of hydrogen-bond acceptors (Lipinski definition) is 3. The molecule has 0 aromatic carbocycles. The van der Waals surface area contributed by atoms with E-state index in [1.54, 1.807) is 11.3 Å². The highest BCUT2D eigenvalue weighted by Gasteiger charge is 2.39. The first kappa shape index (κ1) is 15.0. The monoisotopic (exact) mass is 295 g/mol. The molecule has 1 aromatic rings. The molecule has 0 bridgehead atoms. The molecule has 1 aliphatic rings. The fraction of sp³-hybridized carbons (Fsp3) is 0.600. The standard InChI is InChI=1S/C15H21NO3S/c17-13(7-6-12-5-4-10-20-12)16-11-15(14(18)19)8-2-1-3-9-15/h4-5,10H,1-3,6-9,11H2,(H,16,17)(H,18,19). The lowest BCUT2D eigenvalue weighted by Gasteiger charge is -2.33. The van der Waals surface area contributed by atoms with E-state index in [1.807, 2.05) is 17.5 Å². The molecule has 20 heavy (non-hydrogen) atoms. The second-order valence-electron chi connectivity index (χ2n) is 5.50. The molecular formula is C15H21NO3S. The second kappa shape index (κ2) is 6.88. The summed E-state index contributed by atoms with van der Waals surface area (Å²) < 4.78 is 0. The molecule has 4 nitrogen and oxygen atoms in total. The van der Waals surface area contributed by atoms with Crippen LogP contribution in [0.1, 0.15) is 43.4 Å². The van der Waals surface area contributed by atoms with E-state index >= 15 is 0 Å². The number of aryl methyl sites for hydroxylation is 1. The van der Waals surface area contributed by atoms with Crippen molar-refractivity contribution in [3.05, 3.63) is 22.4 Å². The molecule has 2 rings (SSSR count). The van der Waals surface area contributed by atoms with Gasteiger partial charge < -0.3 is 10.4 Å². The summed E-state index contributed by atoms with van der Waals surface area (Å²) in [4.78, 5) is 24.5. The van der Waals surface area contributed by atoms with Gasteiger partial charge in [-0.05, 0) is 30.7 Å². The van der Waals surface area contributed by atoms with Crippen molar-refractivity contribution in [2.45, 2.75) is 44.9 Å². The Balaban J connectivity index is 1.80. The molecule has 1 aromatic heterocycles. The highest BCUT2D eigenvalue weighted by molar-refractivity contribution is 7.09. The van der Waals surface area contributed by atoms with Gasteiger partial charge in [0.15, 0.2) is 0 Å². The van der Waals surface area contributed by atoms with Crippen molar-refractivity contribution < 1.29 is 14.7 Å². The zero-order chi connectivity index (χ0) is 14.4. The summed E-state index contributed by atoms with van der Waals surface area (Å²) in [5.41, 5.74) is -0.739. The Morgan fingerprint density at radius 3 is 2.65 bits per heavy atom. The Morgan fingerprint density at radius 1 is 1.30 bits per heavy atom. The first-order chi connectivity index (χ1) is 9.62. The van der Waals surface area contributed by atoms with E-state index in [2.05, 4.69) is 5.32 Å². The SMILES string of the molecule is O=C(CCc1cccs1)NCC1(C(=O)O)CCCCC1. The topological polar surface area (TPSA) is 66.4 Å². The highest BCUT2D eigenvalue weighted by Crippen LogP contribution is 2.36. The van der Waals surface area contributed by atoms with Gasteiger partial charge in [-0.1, -0.05) is 25.3 Å². The Morgan fingerprint density at radius 2 is 2.05 bits per heavy atom. The molecule has 1 aliphatic carbocycles. The quantitative estimate of drug-likeness (QED) is 0.848. The maximum Gasteiger partial charge on any atom is 0.311 e. The Labute approximate surface area is 123 Å². The zero-order valence-corrected chi connectivity index (χ0v) is 12.4. The molecule has 1 fully saturated rings. The Kier molecular flexibility index (Phi) is 5.17. The van der Waals surface area contributed by atoms with Gasteiger partial charge in [0.2, 0.25) is 5.91 Å². The average Bonchev–Trinajstić information content (AvgIpc) is 2.97. The lowest BCUT2D eigenvalue weighted by molar-refractivity contribution is -0.151. The minimum absolute atomic E-state index is 0.0513. The number of carboxylic acid groups (broad SMARTS) is 1. The third-order valence-electron chi connectivity index (χ3n) is 4.07. The number of nitrogens with one attached hydrogen (secondary N) is 1. The van der Waals surface area contributed by atoms with E-state index in [9.17, 15) is 14.7 Å². The maximum absolute atomic E-state index is 11.8. The van der Waals surface area contributed by atoms with Crippen LogP contribution in [0.5, 0.6) is 0 Å². The number of aliphatic carboxylic acids is 1. The van der Waals surface area contributed by atoms with E-state index in [4.69, 9.17) is 0 Å². The first-order valence-electron chi connectivity index (χ1n) is 7.15. The minimum Gasteiger partial charge on any atom is -0.481 e. The summed E-state index contributed by atoms with van der Waals surface area (Å²) in [7, 11) is 0. The molecule has 0 atom stereocenters. The third kappa shape index (κ3) is 3.82. The largest absolute Gasteiger partial charge is 0.481 e. The number of carboxylic acids is 1. The number of amides is 1. The molecular weight excluding hydrogens is 274 g/mol. The number of rotatable bonds is 6. The van der Waals surface area contributed by atoms with Crippen LogP contribution in [-0.2, 0) is 16.0 Å². The first-order valence-corrected chi connectivity index (χ1v) is 8.03. The lowest BCUT2D eigenvalue weighted by Crippen LogP contribution is -2.44. The smallest absolute Gasteiger partial charge is 0.311 e. The fourth-order valence-corrected chi connectivity index (χ4v) is 3.45. The van der Waals surface area contributed by atoms with Crippen molar-refractivity contribution in [1.29, 1.82) is 0 Å². The second-order valence-corrected chi connectivity index (χ2v) is 6.53. The molecule has 5 heteroatoms. The van der Waals surface area contributed by atoms with Crippen molar-refractivity contribution in [3.63, 3.8) is 0 Å². The summed E-state index contributed by atoms with van der Waals surface area (Å²) >= 11 is 1.64. The van der Waals surface area contributed by atoms with E-state index < -0.39 is 11.4 Å². The molecule has 1 saturated carbocycles. The van der Waals surface area contributed by atoms with Crippen LogP contribution < -0.4 is 5.32 Å². The van der Waals surface area contributed by atoms with Crippen molar-refractivity contribution in [3.8, 4) is 0 Å². The van der Waals surface area contributed by atoms with Crippen molar-refractivity contribution >= 4 is 23.2 Å². The fourth-order valence-electron chi connectivity index (χ4n) is 2.74. The van der Waals surface area contributed by atoms with Gasteiger partial charge in [0.1, 0.15) is 0 Å². The highest BCUT2D eigenvalue weighted by atomic mass is 32.1. The van der Waals surface area contributed by atoms with Crippen molar-refractivity contribution in [2.75, 3.05) is 6.54 Å². The summed E-state index contributed by atoms with van der Waals surface area (Å²) in [6, 6.07) is 3.98. The van der Waals surface area contributed by atoms with Crippen LogP contribution in [0.3, 0.4) is 0 Å². The van der Waals surface area contributed by atoms with Gasteiger partial charge in [-0.25, -0.2) is 0 Å². The van der Waals surface area contributed by atoms with Gasteiger partial charge in [0.05, 0.1) is 5.41 Å². The third-order valence-corrected chi connectivity index (χ3v) is 5.00. The molecule has 110 valence electrons. The number of carbonyl (C=O) groups is 2. The number of carbonyl (C=O) groups excluding carboxylic acids is 1. The molecule has 0 saturated heterocycles. The van der Waals surface area contributed by atoms with Gasteiger partial charge in [0.25, 0.3) is 0 Å². The van der Waals surface area contributed by atoms with Gasteiger partial charge in [-0.15, -0.1) is 11.3 Å². The van der Waals surface area contributed by atoms with Crippen LogP contribution in [-0.4, -0.2) is 23.5 Å². The van der Waals surface area contributed by atoms with Gasteiger partial charge in [-0.3, -0.25) is 9.59 Å². The van der Waals surface area contributed by atoms with E-state index in [0.29, 0.717) is 19.3 Å². The molecule has 2 N–H and O–H groups in total. The Bertz CT molecular complexity index is 450. The average molecular weight is 295 g/mol. The summed E-state index contributed by atoms with van der Waals surface area (Å²) in [6.07, 6.45) is 5.48. The molecule has 0 unspecified atom stereocenters. The van der Waals surface area contributed by atoms with E-state index in [-0.39, 0.29) is 12.5 Å². The molecule has 0 spiro atoms. The number of thiophene rings is 1. The molecule has 0 radical (unpaired) electrons. The maximum atomic E-state index is 11.8. The van der Waals surface area contributed by atoms with Crippen LogP contribution in [0.25, 0.3) is 0 Å². The molecule has 1 amide bonds. The molecule has 0 aliphatic heterocycles. The van der Waals surface area contributed by atoms with Crippen LogP contribution >= 0.6 is 11.3 Å². The van der Waals surface area contributed by atoms with Crippen molar-refractivity contribution in [2.24, 2.45) is 5.41 Å². The predicted octanol–water partition coefficient (Wildman–Crippen LogP) is 2.83. The molecule has 1 heterocycles. The number of hydrogen-bond donors (Lipinski definition) is 2.